The highest BCUT2D eigenvalue weighted by atomic mass is 16.5. The predicted molar refractivity (Wildman–Crippen MR) is 83.4 cm³/mol. The fourth-order valence-corrected chi connectivity index (χ4v) is 3.34. The van der Waals surface area contributed by atoms with E-state index in [-0.39, 0.29) is 11.9 Å². The van der Waals surface area contributed by atoms with Crippen molar-refractivity contribution < 1.29 is 9.53 Å². The molecule has 3 atom stereocenters. The first-order valence-electron chi connectivity index (χ1n) is 7.82. The molecule has 1 aromatic heterocycles. The van der Waals surface area contributed by atoms with Gasteiger partial charge in [-0.25, -0.2) is 4.98 Å². The number of hydrogen-bond acceptors (Lipinski definition) is 3. The van der Waals surface area contributed by atoms with Crippen LogP contribution in [0.3, 0.4) is 0 Å². The minimum absolute atomic E-state index is 0.0790. The van der Waals surface area contributed by atoms with E-state index in [0.29, 0.717) is 29.2 Å². The number of pyridine rings is 1. The molecule has 4 nitrogen and oxygen atoms in total. The van der Waals surface area contributed by atoms with E-state index in [4.69, 9.17) is 4.74 Å². The van der Waals surface area contributed by atoms with Gasteiger partial charge in [-0.05, 0) is 42.7 Å². The Balaban J connectivity index is 2.12. The van der Waals surface area contributed by atoms with Crippen molar-refractivity contribution in [3.8, 4) is 5.88 Å². The first-order chi connectivity index (χ1) is 10.0. The Morgan fingerprint density at radius 1 is 1.43 bits per heavy atom. The molecule has 1 fully saturated rings. The Labute approximate surface area is 127 Å². The van der Waals surface area contributed by atoms with Gasteiger partial charge in [0.25, 0.3) is 5.91 Å². The molecule has 116 valence electrons. The number of carbonyl (C=O) groups is 1. The monoisotopic (exact) mass is 290 g/mol. The molecule has 3 unspecified atom stereocenters. The van der Waals surface area contributed by atoms with E-state index in [9.17, 15) is 4.79 Å². The lowest BCUT2D eigenvalue weighted by atomic mass is 9.74. The van der Waals surface area contributed by atoms with E-state index in [2.05, 4.69) is 31.1 Å². The van der Waals surface area contributed by atoms with Crippen LogP contribution in [0, 0.1) is 17.8 Å². The number of nitrogens with one attached hydrogen (secondary N) is 1. The van der Waals surface area contributed by atoms with Crippen molar-refractivity contribution >= 4 is 5.91 Å². The third-order valence-corrected chi connectivity index (χ3v) is 4.55. The van der Waals surface area contributed by atoms with Gasteiger partial charge in [0.2, 0.25) is 5.88 Å². The van der Waals surface area contributed by atoms with E-state index in [1.54, 1.807) is 25.4 Å². The molecule has 4 heteroatoms. The fourth-order valence-electron chi connectivity index (χ4n) is 3.34. The highest BCUT2D eigenvalue weighted by Crippen LogP contribution is 2.33. The van der Waals surface area contributed by atoms with Gasteiger partial charge < -0.3 is 10.1 Å². The van der Waals surface area contributed by atoms with Crippen LogP contribution in [-0.2, 0) is 0 Å². The molecule has 0 bridgehead atoms. The first kappa shape index (κ1) is 15.8. The number of hydrogen-bond donors (Lipinski definition) is 1. The minimum Gasteiger partial charge on any atom is -0.480 e. The summed E-state index contributed by atoms with van der Waals surface area (Å²) in [6.07, 6.45) is 5.13. The molecule has 0 aromatic carbocycles. The third kappa shape index (κ3) is 3.74. The Morgan fingerprint density at radius 3 is 2.86 bits per heavy atom. The van der Waals surface area contributed by atoms with Gasteiger partial charge in [-0.15, -0.1) is 0 Å². The number of nitrogens with zero attached hydrogens (tertiary/aromatic N) is 1. The van der Waals surface area contributed by atoms with Gasteiger partial charge in [-0.1, -0.05) is 27.2 Å². The van der Waals surface area contributed by atoms with Crippen LogP contribution in [0.2, 0.25) is 0 Å². The van der Waals surface area contributed by atoms with E-state index in [0.717, 1.165) is 6.42 Å². The molecular formula is C17H26N2O2. The molecule has 1 aliphatic carbocycles. The maximum Gasteiger partial charge on any atom is 0.256 e. The van der Waals surface area contributed by atoms with Gasteiger partial charge in [-0.3, -0.25) is 4.79 Å². The Bertz CT molecular complexity index is 487. The molecule has 1 aromatic rings. The highest BCUT2D eigenvalue weighted by Gasteiger charge is 2.32. The number of methoxy groups -OCH3 is 1. The summed E-state index contributed by atoms with van der Waals surface area (Å²) >= 11 is 0. The third-order valence-electron chi connectivity index (χ3n) is 4.55. The van der Waals surface area contributed by atoms with Crippen molar-refractivity contribution in [2.75, 3.05) is 7.11 Å². The summed E-state index contributed by atoms with van der Waals surface area (Å²) in [5, 5.41) is 3.21. The molecule has 0 aliphatic heterocycles. The topological polar surface area (TPSA) is 51.2 Å². The number of carbonyl (C=O) groups excluding carboxylic acids is 1. The SMILES string of the molecule is COc1ncccc1C(=O)NC1CC(C)CCC1C(C)C. The number of aromatic nitrogens is 1. The van der Waals surface area contributed by atoms with Crippen molar-refractivity contribution in [2.24, 2.45) is 17.8 Å². The van der Waals surface area contributed by atoms with Crippen LogP contribution in [0.1, 0.15) is 50.4 Å². The van der Waals surface area contributed by atoms with Crippen LogP contribution in [-0.4, -0.2) is 24.0 Å². The van der Waals surface area contributed by atoms with Gasteiger partial charge in [0.1, 0.15) is 5.56 Å². The molecule has 21 heavy (non-hydrogen) atoms. The number of rotatable bonds is 4. The summed E-state index contributed by atoms with van der Waals surface area (Å²) < 4.78 is 5.18. The Kier molecular flexibility index (Phi) is 5.21. The average Bonchev–Trinajstić information content (AvgIpc) is 2.46. The predicted octanol–water partition coefficient (Wildman–Crippen LogP) is 3.28. The van der Waals surface area contributed by atoms with Crippen LogP contribution in [0.25, 0.3) is 0 Å². The minimum atomic E-state index is -0.0790. The van der Waals surface area contributed by atoms with Crippen LogP contribution in [0.15, 0.2) is 18.3 Å². The zero-order valence-corrected chi connectivity index (χ0v) is 13.4. The highest BCUT2D eigenvalue weighted by molar-refractivity contribution is 5.96. The fraction of sp³-hybridized carbons (Fsp3) is 0.647. The van der Waals surface area contributed by atoms with Crippen LogP contribution >= 0.6 is 0 Å². The van der Waals surface area contributed by atoms with Gasteiger partial charge in [0.05, 0.1) is 7.11 Å². The molecule has 1 aliphatic rings. The average molecular weight is 290 g/mol. The Morgan fingerprint density at radius 2 is 2.19 bits per heavy atom. The first-order valence-corrected chi connectivity index (χ1v) is 7.82. The summed E-state index contributed by atoms with van der Waals surface area (Å²) in [5.74, 6) is 2.11. The van der Waals surface area contributed by atoms with Crippen LogP contribution < -0.4 is 10.1 Å². The van der Waals surface area contributed by atoms with E-state index < -0.39 is 0 Å². The molecule has 1 N–H and O–H groups in total. The van der Waals surface area contributed by atoms with Gasteiger partial charge in [0, 0.05) is 12.2 Å². The zero-order valence-electron chi connectivity index (χ0n) is 13.4. The Hall–Kier alpha value is -1.58. The summed E-state index contributed by atoms with van der Waals surface area (Å²) in [6, 6.07) is 3.77. The van der Waals surface area contributed by atoms with Gasteiger partial charge in [0.15, 0.2) is 0 Å². The lowest BCUT2D eigenvalue weighted by molar-refractivity contribution is 0.0864. The van der Waals surface area contributed by atoms with Gasteiger partial charge >= 0.3 is 0 Å². The second-order valence-corrected chi connectivity index (χ2v) is 6.47. The maximum atomic E-state index is 12.5. The van der Waals surface area contributed by atoms with E-state index >= 15 is 0 Å². The zero-order chi connectivity index (χ0) is 15.4. The van der Waals surface area contributed by atoms with Crippen molar-refractivity contribution in [3.63, 3.8) is 0 Å². The molecule has 0 radical (unpaired) electrons. The molecular weight excluding hydrogens is 264 g/mol. The number of amides is 1. The lowest BCUT2D eigenvalue weighted by Crippen LogP contribution is -2.45. The van der Waals surface area contributed by atoms with Crippen LogP contribution in [0.5, 0.6) is 5.88 Å². The molecule has 0 spiro atoms. The maximum absolute atomic E-state index is 12.5. The van der Waals surface area contributed by atoms with Crippen LogP contribution in [0.4, 0.5) is 0 Å². The normalized spacial score (nSPS) is 25.7. The number of ether oxygens (including phenoxy) is 1. The van der Waals surface area contributed by atoms with E-state index in [1.807, 2.05) is 0 Å². The summed E-state index contributed by atoms with van der Waals surface area (Å²) in [7, 11) is 1.54. The smallest absolute Gasteiger partial charge is 0.256 e. The van der Waals surface area contributed by atoms with E-state index in [1.165, 1.54) is 12.8 Å². The largest absolute Gasteiger partial charge is 0.480 e. The molecule has 1 heterocycles. The summed E-state index contributed by atoms with van der Waals surface area (Å²) in [5.41, 5.74) is 0.515. The molecule has 0 saturated heterocycles. The standard InChI is InChI=1S/C17H26N2O2/c1-11(2)13-8-7-12(3)10-15(13)19-16(20)14-6-5-9-18-17(14)21-4/h5-6,9,11-13,15H,7-8,10H2,1-4H3,(H,19,20). The van der Waals surface area contributed by atoms with Crippen molar-refractivity contribution in [1.29, 1.82) is 0 Å². The molecule has 1 amide bonds. The summed E-state index contributed by atoms with van der Waals surface area (Å²) in [6.45, 7) is 6.75. The second-order valence-electron chi connectivity index (χ2n) is 6.47. The summed E-state index contributed by atoms with van der Waals surface area (Å²) in [4.78, 5) is 16.6. The van der Waals surface area contributed by atoms with Crippen molar-refractivity contribution in [2.45, 2.75) is 46.1 Å². The van der Waals surface area contributed by atoms with Crippen molar-refractivity contribution in [1.82, 2.24) is 10.3 Å². The van der Waals surface area contributed by atoms with Crippen molar-refractivity contribution in [3.05, 3.63) is 23.9 Å². The molecule has 2 rings (SSSR count). The lowest BCUT2D eigenvalue weighted by Gasteiger charge is -2.37. The van der Waals surface area contributed by atoms with Gasteiger partial charge in [-0.2, -0.15) is 0 Å². The molecule has 1 saturated carbocycles. The second kappa shape index (κ2) is 6.92. The quantitative estimate of drug-likeness (QED) is 0.926.